The first-order valence-corrected chi connectivity index (χ1v) is 9.00. The Kier molecular flexibility index (Phi) is 5.74. The van der Waals surface area contributed by atoms with Crippen LogP contribution >= 0.6 is 15.9 Å². The quantitative estimate of drug-likeness (QED) is 0.540. The Hall–Kier alpha value is -3.20. The van der Waals surface area contributed by atoms with Gasteiger partial charge in [-0.3, -0.25) is 19.5 Å². The first-order chi connectivity index (χ1) is 13.4. The molecular formula is C19H15BrFN3O4. The van der Waals surface area contributed by atoms with E-state index in [0.29, 0.717) is 10.0 Å². The van der Waals surface area contributed by atoms with Gasteiger partial charge in [0, 0.05) is 10.5 Å². The monoisotopic (exact) mass is 447 g/mol. The van der Waals surface area contributed by atoms with Gasteiger partial charge in [-0.1, -0.05) is 46.3 Å². The summed E-state index contributed by atoms with van der Waals surface area (Å²) in [7, 11) is 0. The maximum absolute atomic E-state index is 13.9. The zero-order valence-electron chi connectivity index (χ0n) is 14.4. The lowest BCUT2D eigenvalue weighted by Gasteiger charge is -2.18. The number of para-hydroxylation sites is 1. The number of aromatic nitrogens is 2. The van der Waals surface area contributed by atoms with Crippen molar-refractivity contribution in [1.29, 1.82) is 0 Å². The average Bonchev–Trinajstić information content (AvgIpc) is 3.03. The number of carbonyl (C=O) groups is 2. The molecule has 0 bridgehead atoms. The van der Waals surface area contributed by atoms with Crippen molar-refractivity contribution in [3.05, 3.63) is 86.5 Å². The lowest BCUT2D eigenvalue weighted by Crippen LogP contribution is -2.30. The minimum atomic E-state index is -1.10. The fourth-order valence-electron chi connectivity index (χ4n) is 2.73. The molecule has 0 aliphatic rings. The number of rotatable bonds is 6. The summed E-state index contributed by atoms with van der Waals surface area (Å²) in [6, 6.07) is 12.7. The molecule has 1 aromatic heterocycles. The number of hydrogen-bond acceptors (Lipinski definition) is 3. The average molecular weight is 448 g/mol. The number of aromatic amines is 1. The molecule has 0 radical (unpaired) electrons. The minimum absolute atomic E-state index is 0.0283. The molecule has 3 N–H and O–H groups in total. The van der Waals surface area contributed by atoms with Crippen LogP contribution < -0.4 is 10.9 Å². The fourth-order valence-corrected chi connectivity index (χ4v) is 3.29. The van der Waals surface area contributed by atoms with Crippen LogP contribution in [-0.4, -0.2) is 26.8 Å². The van der Waals surface area contributed by atoms with Crippen LogP contribution in [0.2, 0.25) is 0 Å². The van der Waals surface area contributed by atoms with Gasteiger partial charge in [0.1, 0.15) is 17.2 Å². The molecule has 144 valence electrons. The van der Waals surface area contributed by atoms with Gasteiger partial charge in [-0.2, -0.15) is 0 Å². The number of carboxylic acids is 1. The van der Waals surface area contributed by atoms with E-state index in [4.69, 9.17) is 0 Å². The van der Waals surface area contributed by atoms with Crippen molar-refractivity contribution in [3.63, 3.8) is 0 Å². The molecule has 0 spiro atoms. The Morgan fingerprint density at radius 1 is 1.18 bits per heavy atom. The number of benzene rings is 2. The second-order valence-corrected chi connectivity index (χ2v) is 6.79. The number of H-pyrrole nitrogens is 1. The summed E-state index contributed by atoms with van der Waals surface area (Å²) in [4.78, 5) is 36.0. The molecule has 3 aromatic rings. The van der Waals surface area contributed by atoms with Crippen LogP contribution in [-0.2, 0) is 4.79 Å². The molecule has 1 heterocycles. The summed E-state index contributed by atoms with van der Waals surface area (Å²) in [5, 5.41) is 14.3. The van der Waals surface area contributed by atoms with Crippen molar-refractivity contribution < 1.29 is 19.1 Å². The number of aliphatic carboxylic acids is 1. The van der Waals surface area contributed by atoms with Gasteiger partial charge in [0.05, 0.1) is 12.5 Å². The molecule has 2 aromatic carbocycles. The van der Waals surface area contributed by atoms with Crippen molar-refractivity contribution in [1.82, 2.24) is 15.1 Å². The van der Waals surface area contributed by atoms with Crippen molar-refractivity contribution in [2.45, 2.75) is 12.5 Å². The molecule has 0 aliphatic heterocycles. The van der Waals surface area contributed by atoms with Gasteiger partial charge >= 0.3 is 5.97 Å². The smallest absolute Gasteiger partial charge is 0.305 e. The van der Waals surface area contributed by atoms with Gasteiger partial charge in [-0.15, -0.1) is 0 Å². The predicted octanol–water partition coefficient (Wildman–Crippen LogP) is 3.01. The molecule has 3 rings (SSSR count). The largest absolute Gasteiger partial charge is 0.481 e. The number of nitrogens with zero attached hydrogens (tertiary/aromatic N) is 1. The van der Waals surface area contributed by atoms with Gasteiger partial charge in [0.2, 0.25) is 0 Å². The standard InChI is InChI=1S/C19H15BrFN3O4/c20-12-6-2-1-5-11(12)14(10-18(26)27)22-19(28)15-9-17(25)24(23-15)16-8-4-3-7-13(16)21/h1-9,14,23H,10H2,(H,22,28)(H,26,27)/t14-/m0/s1. The predicted molar refractivity (Wildman–Crippen MR) is 103 cm³/mol. The number of hydrogen-bond donors (Lipinski definition) is 3. The maximum atomic E-state index is 13.9. The fraction of sp³-hybridized carbons (Fsp3) is 0.105. The molecule has 28 heavy (non-hydrogen) atoms. The molecule has 0 aliphatic carbocycles. The van der Waals surface area contributed by atoms with Crippen molar-refractivity contribution >= 4 is 27.8 Å². The van der Waals surface area contributed by atoms with E-state index in [1.807, 2.05) is 0 Å². The van der Waals surface area contributed by atoms with Gasteiger partial charge in [-0.25, -0.2) is 9.07 Å². The van der Waals surface area contributed by atoms with Crippen molar-refractivity contribution in [2.75, 3.05) is 0 Å². The van der Waals surface area contributed by atoms with E-state index < -0.39 is 29.3 Å². The third kappa shape index (κ3) is 4.20. The number of amides is 1. The molecule has 7 nitrogen and oxygen atoms in total. The van der Waals surface area contributed by atoms with E-state index in [1.165, 1.54) is 18.2 Å². The lowest BCUT2D eigenvalue weighted by atomic mass is 10.0. The SMILES string of the molecule is O=C(O)C[C@H](NC(=O)c1cc(=O)n(-c2ccccc2F)[nH]1)c1ccccc1Br. The summed E-state index contributed by atoms with van der Waals surface area (Å²) in [6.07, 6.45) is -0.355. The van der Waals surface area contributed by atoms with Crippen LogP contribution in [0, 0.1) is 5.82 Å². The Morgan fingerprint density at radius 3 is 2.54 bits per heavy atom. The first-order valence-electron chi connectivity index (χ1n) is 8.21. The molecule has 0 saturated heterocycles. The third-order valence-corrected chi connectivity index (χ3v) is 4.75. The van der Waals surface area contributed by atoms with Crippen LogP contribution in [0.15, 0.2) is 63.9 Å². The minimum Gasteiger partial charge on any atom is -0.481 e. The summed E-state index contributed by atoms with van der Waals surface area (Å²) in [5.41, 5.74) is -0.185. The Morgan fingerprint density at radius 2 is 1.86 bits per heavy atom. The van der Waals surface area contributed by atoms with E-state index in [0.717, 1.165) is 10.7 Å². The highest BCUT2D eigenvalue weighted by molar-refractivity contribution is 9.10. The Labute approximate surface area is 166 Å². The van der Waals surface area contributed by atoms with Crippen LogP contribution in [0.5, 0.6) is 0 Å². The zero-order chi connectivity index (χ0) is 20.3. The van der Waals surface area contributed by atoms with E-state index in [9.17, 15) is 23.9 Å². The van der Waals surface area contributed by atoms with E-state index >= 15 is 0 Å². The highest BCUT2D eigenvalue weighted by Gasteiger charge is 2.22. The highest BCUT2D eigenvalue weighted by Crippen LogP contribution is 2.25. The molecule has 9 heteroatoms. The van der Waals surface area contributed by atoms with E-state index in [1.54, 1.807) is 30.3 Å². The second-order valence-electron chi connectivity index (χ2n) is 5.94. The van der Waals surface area contributed by atoms with Crippen LogP contribution in [0.4, 0.5) is 4.39 Å². The Bertz CT molecular complexity index is 1090. The molecule has 0 saturated carbocycles. The van der Waals surface area contributed by atoms with Crippen LogP contribution in [0.3, 0.4) is 0 Å². The summed E-state index contributed by atoms with van der Waals surface area (Å²) >= 11 is 3.34. The topological polar surface area (TPSA) is 104 Å². The third-order valence-electron chi connectivity index (χ3n) is 4.02. The van der Waals surface area contributed by atoms with Gasteiger partial charge in [0.25, 0.3) is 11.5 Å². The number of halogens is 2. The Balaban J connectivity index is 1.90. The summed E-state index contributed by atoms with van der Waals surface area (Å²) in [5.74, 6) is -2.41. The number of nitrogens with one attached hydrogen (secondary N) is 2. The van der Waals surface area contributed by atoms with Crippen LogP contribution in [0.1, 0.15) is 28.5 Å². The zero-order valence-corrected chi connectivity index (χ0v) is 15.9. The number of carbonyl (C=O) groups excluding carboxylic acids is 1. The normalized spacial score (nSPS) is 11.8. The summed E-state index contributed by atoms with van der Waals surface area (Å²) < 4.78 is 15.5. The van der Waals surface area contributed by atoms with Gasteiger partial charge < -0.3 is 10.4 Å². The maximum Gasteiger partial charge on any atom is 0.305 e. The van der Waals surface area contributed by atoms with E-state index in [-0.39, 0.29) is 17.8 Å². The van der Waals surface area contributed by atoms with Crippen molar-refractivity contribution in [2.24, 2.45) is 0 Å². The molecule has 1 amide bonds. The number of carboxylic acid groups (broad SMARTS) is 1. The first kappa shape index (κ1) is 19.6. The lowest BCUT2D eigenvalue weighted by molar-refractivity contribution is -0.137. The summed E-state index contributed by atoms with van der Waals surface area (Å²) in [6.45, 7) is 0. The molecule has 1 atom stereocenters. The second kappa shape index (κ2) is 8.22. The van der Waals surface area contributed by atoms with Crippen LogP contribution in [0.25, 0.3) is 5.69 Å². The molecule has 0 unspecified atom stereocenters. The highest BCUT2D eigenvalue weighted by atomic mass is 79.9. The van der Waals surface area contributed by atoms with E-state index in [2.05, 4.69) is 26.3 Å². The van der Waals surface area contributed by atoms with Gasteiger partial charge in [0.15, 0.2) is 0 Å². The molecular weight excluding hydrogens is 433 g/mol. The molecule has 0 fully saturated rings. The van der Waals surface area contributed by atoms with Gasteiger partial charge in [-0.05, 0) is 23.8 Å². The van der Waals surface area contributed by atoms with Crippen molar-refractivity contribution in [3.8, 4) is 5.69 Å².